The normalized spacial score (nSPS) is 10.6. The van der Waals surface area contributed by atoms with Gasteiger partial charge in [-0.25, -0.2) is 10.5 Å². The molecule has 5 N–H and O–H groups in total. The van der Waals surface area contributed by atoms with E-state index in [1.165, 1.54) is 11.1 Å². The van der Waals surface area contributed by atoms with Gasteiger partial charge in [-0.3, -0.25) is 15.2 Å². The van der Waals surface area contributed by atoms with Crippen LogP contribution in [0, 0.1) is 19.3 Å². The van der Waals surface area contributed by atoms with E-state index >= 15 is 0 Å². The van der Waals surface area contributed by atoms with Gasteiger partial charge in [0, 0.05) is 11.8 Å². The fourth-order valence-corrected chi connectivity index (χ4v) is 1.55. The Morgan fingerprint density at radius 1 is 1.32 bits per heavy atom. The number of imidazole rings is 1. The average Bonchev–Trinajstić information content (AvgIpc) is 2.89. The molecule has 0 atom stereocenters. The van der Waals surface area contributed by atoms with Crippen LogP contribution in [-0.4, -0.2) is 40.2 Å². The Kier molecular flexibility index (Phi) is 5.80. The number of nitrogens with zero attached hydrogens (tertiary/aromatic N) is 1. The van der Waals surface area contributed by atoms with Crippen LogP contribution in [0.15, 0.2) is 24.4 Å². The van der Waals surface area contributed by atoms with Crippen molar-refractivity contribution in [3.63, 3.8) is 0 Å². The van der Waals surface area contributed by atoms with Crippen molar-refractivity contribution in [2.45, 2.75) is 13.8 Å². The number of hydrogen-bond donors (Lipinski definition) is 5. The molecule has 0 fully saturated rings. The molecule has 120 valence electrons. The molecule has 0 bridgehead atoms. The second kappa shape index (κ2) is 7.16. The van der Waals surface area contributed by atoms with E-state index in [0.717, 1.165) is 11.3 Å². The highest BCUT2D eigenvalue weighted by Gasteiger charge is 2.08. The summed E-state index contributed by atoms with van der Waals surface area (Å²) in [6, 6.07) is 6.07. The van der Waals surface area contributed by atoms with Crippen molar-refractivity contribution >= 4 is 16.0 Å². The van der Waals surface area contributed by atoms with E-state index in [1.54, 1.807) is 11.7 Å². The molecule has 2 rings (SSSR count). The molecule has 0 saturated carbocycles. The third-order valence-electron chi connectivity index (χ3n) is 2.73. The highest BCUT2D eigenvalue weighted by Crippen LogP contribution is 2.20. The predicted octanol–water partition coefficient (Wildman–Crippen LogP) is 1.50. The molecule has 1 heterocycles. The van der Waals surface area contributed by atoms with E-state index < -0.39 is 10.1 Å². The van der Waals surface area contributed by atoms with Gasteiger partial charge >= 0.3 is 0 Å². The van der Waals surface area contributed by atoms with Crippen LogP contribution in [0.3, 0.4) is 0 Å². The van der Waals surface area contributed by atoms with Crippen LogP contribution in [0.4, 0.5) is 0 Å². The lowest BCUT2D eigenvalue weighted by Gasteiger charge is -2.02. The predicted molar refractivity (Wildman–Crippen MR) is 82.7 cm³/mol. The molecule has 9 heteroatoms. The van der Waals surface area contributed by atoms with Gasteiger partial charge in [0.1, 0.15) is 0 Å². The number of rotatable bonds is 2. The van der Waals surface area contributed by atoms with Crippen molar-refractivity contribution < 1.29 is 18.2 Å². The van der Waals surface area contributed by atoms with Gasteiger partial charge < -0.3 is 4.98 Å². The number of amidine groups is 1. The first-order valence-electron chi connectivity index (χ1n) is 6.16. The second-order valence-electron chi connectivity index (χ2n) is 4.65. The lowest BCUT2D eigenvalue weighted by atomic mass is 10.1. The lowest BCUT2D eigenvalue weighted by molar-refractivity contribution is 0.233. The molecule has 0 unspecified atom stereocenters. The van der Waals surface area contributed by atoms with Crippen LogP contribution in [0.1, 0.15) is 17.0 Å². The van der Waals surface area contributed by atoms with Gasteiger partial charge in [-0.2, -0.15) is 8.42 Å². The van der Waals surface area contributed by atoms with E-state index in [1.807, 2.05) is 25.1 Å². The van der Waals surface area contributed by atoms with E-state index in [0.29, 0.717) is 12.1 Å². The Hall–Kier alpha value is -2.23. The number of nitrogens with one attached hydrogen (secondary N) is 3. The number of aromatic nitrogens is 2. The van der Waals surface area contributed by atoms with Gasteiger partial charge in [0.05, 0.1) is 11.9 Å². The number of aromatic amines is 1. The van der Waals surface area contributed by atoms with Crippen LogP contribution in [-0.2, 0) is 10.1 Å². The summed E-state index contributed by atoms with van der Waals surface area (Å²) in [7, 11) is -3.67. The van der Waals surface area contributed by atoms with Crippen molar-refractivity contribution in [1.29, 1.82) is 5.41 Å². The minimum absolute atomic E-state index is 0.153. The molecule has 2 aromatic rings. The van der Waals surface area contributed by atoms with Gasteiger partial charge in [0.25, 0.3) is 10.1 Å². The molecular formula is C13H18N4O4S. The maximum Gasteiger partial charge on any atom is 0.261 e. The Morgan fingerprint density at radius 2 is 1.91 bits per heavy atom. The number of hydrogen-bond acceptors (Lipinski definition) is 5. The van der Waals surface area contributed by atoms with E-state index in [9.17, 15) is 8.42 Å². The number of benzene rings is 1. The summed E-state index contributed by atoms with van der Waals surface area (Å²) in [6.45, 7) is 4.10. The third-order valence-corrected chi connectivity index (χ3v) is 2.73. The summed E-state index contributed by atoms with van der Waals surface area (Å²) in [6.07, 6.45) is 2.43. The maximum atomic E-state index is 9.19. The zero-order valence-corrected chi connectivity index (χ0v) is 13.2. The topological polar surface area (TPSA) is 139 Å². The van der Waals surface area contributed by atoms with Gasteiger partial charge in [-0.1, -0.05) is 12.1 Å². The number of hydroxylamine groups is 1. The van der Waals surface area contributed by atoms with Crippen LogP contribution >= 0.6 is 0 Å². The van der Waals surface area contributed by atoms with Crippen molar-refractivity contribution in [2.24, 2.45) is 0 Å². The number of aryl methyl sites for hydroxylation is 2. The van der Waals surface area contributed by atoms with E-state index in [2.05, 4.69) is 16.9 Å². The Morgan fingerprint density at radius 3 is 2.41 bits per heavy atom. The van der Waals surface area contributed by atoms with Gasteiger partial charge in [0.2, 0.25) is 0 Å². The average molecular weight is 326 g/mol. The zero-order chi connectivity index (χ0) is 16.9. The highest BCUT2D eigenvalue weighted by atomic mass is 32.2. The first kappa shape index (κ1) is 17.8. The van der Waals surface area contributed by atoms with Crippen LogP contribution in [0.5, 0.6) is 0 Å². The second-order valence-corrected chi connectivity index (χ2v) is 6.12. The molecule has 0 spiro atoms. The van der Waals surface area contributed by atoms with E-state index in [4.69, 9.17) is 15.2 Å². The highest BCUT2D eigenvalue weighted by molar-refractivity contribution is 7.85. The molecule has 1 aromatic heterocycles. The first-order chi connectivity index (χ1) is 10.1. The summed E-state index contributed by atoms with van der Waals surface area (Å²) in [5.41, 5.74) is 5.92. The molecular weight excluding hydrogens is 308 g/mol. The van der Waals surface area contributed by atoms with Gasteiger partial charge in [0.15, 0.2) is 11.7 Å². The summed E-state index contributed by atoms with van der Waals surface area (Å²) in [5.74, 6) is 0.154. The maximum absolute atomic E-state index is 9.19. The summed E-state index contributed by atoms with van der Waals surface area (Å²) in [4.78, 5) is 7.05. The minimum atomic E-state index is -3.67. The minimum Gasteiger partial charge on any atom is -0.341 e. The quantitative estimate of drug-likeness (QED) is 0.245. The summed E-state index contributed by atoms with van der Waals surface area (Å²) < 4.78 is 25.9. The largest absolute Gasteiger partial charge is 0.341 e. The Labute approximate surface area is 128 Å². The SMILES string of the molecule is CS(=O)(=O)O.Cc1ccc(-c2c[nH]c(C(=N)NO)n2)cc1C. The molecule has 22 heavy (non-hydrogen) atoms. The molecule has 0 aliphatic carbocycles. The van der Waals surface area contributed by atoms with Crippen molar-refractivity contribution in [3.8, 4) is 11.3 Å². The summed E-state index contributed by atoms with van der Waals surface area (Å²) >= 11 is 0. The molecule has 8 nitrogen and oxygen atoms in total. The van der Waals surface area contributed by atoms with Gasteiger partial charge in [-0.15, -0.1) is 0 Å². The lowest BCUT2D eigenvalue weighted by Crippen LogP contribution is -2.19. The number of H-pyrrole nitrogens is 1. The molecule has 0 saturated heterocycles. The van der Waals surface area contributed by atoms with E-state index in [-0.39, 0.29) is 5.84 Å². The zero-order valence-electron chi connectivity index (χ0n) is 12.4. The first-order valence-corrected chi connectivity index (χ1v) is 8.01. The standard InChI is InChI=1S/C12H14N4O.CH4O3S/c1-7-3-4-9(5-8(7)2)10-6-14-12(15-10)11(13)16-17;1-5(2,3)4/h3-6,17H,1-2H3,(H2,13,16)(H,14,15);1H3,(H,2,3,4). The smallest absolute Gasteiger partial charge is 0.261 e. The monoisotopic (exact) mass is 326 g/mol. The molecule has 1 aromatic carbocycles. The van der Waals surface area contributed by atoms with Crippen molar-refractivity contribution in [1.82, 2.24) is 15.4 Å². The Bertz CT molecular complexity index is 760. The molecule has 0 radical (unpaired) electrons. The fourth-order valence-electron chi connectivity index (χ4n) is 1.55. The molecule has 0 amide bonds. The van der Waals surface area contributed by atoms with Crippen molar-refractivity contribution in [3.05, 3.63) is 41.3 Å². The van der Waals surface area contributed by atoms with Crippen LogP contribution in [0.2, 0.25) is 0 Å². The third kappa shape index (κ3) is 5.64. The fraction of sp³-hybridized carbons (Fsp3) is 0.231. The van der Waals surface area contributed by atoms with Crippen molar-refractivity contribution in [2.75, 3.05) is 6.26 Å². The van der Waals surface area contributed by atoms with Crippen LogP contribution < -0.4 is 5.48 Å². The molecule has 0 aliphatic rings. The summed E-state index contributed by atoms with van der Waals surface area (Å²) in [5, 5.41) is 16.0. The van der Waals surface area contributed by atoms with Gasteiger partial charge in [-0.05, 0) is 31.0 Å². The van der Waals surface area contributed by atoms with Crippen LogP contribution in [0.25, 0.3) is 11.3 Å². The Balaban J connectivity index is 0.000000422. The molecule has 0 aliphatic heterocycles.